The zero-order chi connectivity index (χ0) is 12.4. The van der Waals surface area contributed by atoms with E-state index in [-0.39, 0.29) is 0 Å². The molecular weight excluding hydrogens is 200 g/mol. The summed E-state index contributed by atoms with van der Waals surface area (Å²) in [5.41, 5.74) is 0.364. The Kier molecular flexibility index (Phi) is 8.32. The molecule has 0 fully saturated rings. The summed E-state index contributed by atoms with van der Waals surface area (Å²) < 4.78 is 0. The molecule has 1 atom stereocenters. The molecule has 0 aromatic heterocycles. The first-order chi connectivity index (χ1) is 7.54. The number of rotatable bonds is 10. The highest BCUT2D eigenvalue weighted by Crippen LogP contribution is 2.34. The van der Waals surface area contributed by atoms with Crippen LogP contribution >= 0.6 is 0 Å². The molecule has 2 heteroatoms. The maximum atomic E-state index is 10.5. The van der Waals surface area contributed by atoms with Gasteiger partial charge in [0, 0.05) is 6.42 Å². The lowest BCUT2D eigenvalue weighted by Crippen LogP contribution is -2.15. The lowest BCUT2D eigenvalue weighted by Gasteiger charge is -2.28. The summed E-state index contributed by atoms with van der Waals surface area (Å²) >= 11 is 0. The van der Waals surface area contributed by atoms with Crippen LogP contribution in [-0.4, -0.2) is 11.1 Å². The van der Waals surface area contributed by atoms with Gasteiger partial charge in [0.15, 0.2) is 0 Å². The van der Waals surface area contributed by atoms with Crippen LogP contribution in [0.4, 0.5) is 0 Å². The summed E-state index contributed by atoms with van der Waals surface area (Å²) in [6, 6.07) is 0. The van der Waals surface area contributed by atoms with Crippen molar-refractivity contribution >= 4 is 5.97 Å². The number of unbranched alkanes of at least 4 members (excludes halogenated alkanes) is 3. The van der Waals surface area contributed by atoms with Crippen LogP contribution in [0.1, 0.15) is 78.6 Å². The molecule has 0 saturated carbocycles. The third-order valence-corrected chi connectivity index (χ3v) is 3.66. The summed E-state index contributed by atoms with van der Waals surface area (Å²) in [6.45, 7) is 6.76. The predicted molar refractivity (Wildman–Crippen MR) is 68.6 cm³/mol. The molecule has 0 aliphatic rings. The molecular formula is C14H28O2. The molecule has 0 amide bonds. The van der Waals surface area contributed by atoms with Crippen LogP contribution in [0.25, 0.3) is 0 Å². The van der Waals surface area contributed by atoms with E-state index < -0.39 is 5.97 Å². The van der Waals surface area contributed by atoms with Crippen LogP contribution in [0, 0.1) is 5.41 Å². The Morgan fingerprint density at radius 3 is 2.19 bits per heavy atom. The van der Waals surface area contributed by atoms with Gasteiger partial charge in [0.2, 0.25) is 0 Å². The highest BCUT2D eigenvalue weighted by Gasteiger charge is 2.21. The Morgan fingerprint density at radius 2 is 1.69 bits per heavy atom. The largest absolute Gasteiger partial charge is 0.481 e. The minimum Gasteiger partial charge on any atom is -0.481 e. The molecule has 0 spiro atoms. The van der Waals surface area contributed by atoms with E-state index in [0.717, 1.165) is 12.8 Å². The van der Waals surface area contributed by atoms with Gasteiger partial charge in [-0.25, -0.2) is 0 Å². The van der Waals surface area contributed by atoms with Crippen molar-refractivity contribution < 1.29 is 9.90 Å². The quantitative estimate of drug-likeness (QED) is 0.554. The van der Waals surface area contributed by atoms with E-state index in [1.165, 1.54) is 38.5 Å². The van der Waals surface area contributed by atoms with Gasteiger partial charge in [0.05, 0.1) is 0 Å². The monoisotopic (exact) mass is 228 g/mol. The zero-order valence-corrected chi connectivity index (χ0v) is 11.2. The second-order valence-electron chi connectivity index (χ2n) is 5.22. The molecule has 1 unspecified atom stereocenters. The first-order valence-corrected chi connectivity index (χ1v) is 6.76. The summed E-state index contributed by atoms with van der Waals surface area (Å²) in [5.74, 6) is -0.663. The van der Waals surface area contributed by atoms with Crippen molar-refractivity contribution in [2.24, 2.45) is 5.41 Å². The van der Waals surface area contributed by atoms with Crippen LogP contribution in [-0.2, 0) is 4.79 Å². The fourth-order valence-corrected chi connectivity index (χ4v) is 2.12. The Morgan fingerprint density at radius 1 is 1.06 bits per heavy atom. The molecule has 96 valence electrons. The standard InChI is InChI=1S/C14H28O2/c1-4-6-7-8-11-14(3,5-2)12-9-10-13(15)16/h4-12H2,1-3H3,(H,15,16). The molecule has 0 aliphatic carbocycles. The average molecular weight is 228 g/mol. The molecule has 0 radical (unpaired) electrons. The third-order valence-electron chi connectivity index (χ3n) is 3.66. The van der Waals surface area contributed by atoms with Crippen molar-refractivity contribution in [3.8, 4) is 0 Å². The smallest absolute Gasteiger partial charge is 0.303 e. The number of hydrogen-bond donors (Lipinski definition) is 1. The van der Waals surface area contributed by atoms with Crippen LogP contribution in [0.3, 0.4) is 0 Å². The Labute approximate surface area is 100 Å². The molecule has 0 rings (SSSR count). The van der Waals surface area contributed by atoms with Gasteiger partial charge in [-0.3, -0.25) is 4.79 Å². The summed E-state index contributed by atoms with van der Waals surface area (Å²) in [6.07, 6.45) is 9.86. The third kappa shape index (κ3) is 7.72. The first-order valence-electron chi connectivity index (χ1n) is 6.76. The second-order valence-corrected chi connectivity index (χ2v) is 5.22. The maximum Gasteiger partial charge on any atom is 0.303 e. The molecule has 0 bridgehead atoms. The maximum absolute atomic E-state index is 10.5. The van der Waals surface area contributed by atoms with E-state index in [9.17, 15) is 4.79 Å². The number of carboxylic acid groups (broad SMARTS) is 1. The highest BCUT2D eigenvalue weighted by atomic mass is 16.4. The topological polar surface area (TPSA) is 37.3 Å². The van der Waals surface area contributed by atoms with Crippen LogP contribution < -0.4 is 0 Å². The van der Waals surface area contributed by atoms with Gasteiger partial charge in [0.25, 0.3) is 0 Å². The summed E-state index contributed by atoms with van der Waals surface area (Å²) in [7, 11) is 0. The van der Waals surface area contributed by atoms with Crippen molar-refractivity contribution in [2.75, 3.05) is 0 Å². The van der Waals surface area contributed by atoms with Crippen molar-refractivity contribution in [1.82, 2.24) is 0 Å². The lowest BCUT2D eigenvalue weighted by molar-refractivity contribution is -0.137. The minimum atomic E-state index is -0.663. The minimum absolute atomic E-state index is 0.324. The van der Waals surface area contributed by atoms with Gasteiger partial charge in [-0.05, 0) is 24.7 Å². The van der Waals surface area contributed by atoms with Gasteiger partial charge in [0.1, 0.15) is 0 Å². The molecule has 0 aromatic rings. The van der Waals surface area contributed by atoms with Gasteiger partial charge in [-0.2, -0.15) is 0 Å². The van der Waals surface area contributed by atoms with E-state index in [1.54, 1.807) is 0 Å². The van der Waals surface area contributed by atoms with Crippen LogP contribution in [0.2, 0.25) is 0 Å². The molecule has 16 heavy (non-hydrogen) atoms. The van der Waals surface area contributed by atoms with Gasteiger partial charge in [-0.1, -0.05) is 52.9 Å². The molecule has 2 nitrogen and oxygen atoms in total. The van der Waals surface area contributed by atoms with Gasteiger partial charge in [-0.15, -0.1) is 0 Å². The van der Waals surface area contributed by atoms with Crippen molar-refractivity contribution in [3.05, 3.63) is 0 Å². The van der Waals surface area contributed by atoms with E-state index >= 15 is 0 Å². The van der Waals surface area contributed by atoms with Crippen molar-refractivity contribution in [2.45, 2.75) is 78.6 Å². The number of carboxylic acids is 1. The fraction of sp³-hybridized carbons (Fsp3) is 0.929. The Hall–Kier alpha value is -0.530. The SMILES string of the molecule is CCCCCCC(C)(CC)CCCC(=O)O. The van der Waals surface area contributed by atoms with Gasteiger partial charge < -0.3 is 5.11 Å². The summed E-state index contributed by atoms with van der Waals surface area (Å²) in [4.78, 5) is 10.5. The zero-order valence-electron chi connectivity index (χ0n) is 11.2. The van der Waals surface area contributed by atoms with Crippen LogP contribution in [0.5, 0.6) is 0 Å². The van der Waals surface area contributed by atoms with Crippen LogP contribution in [0.15, 0.2) is 0 Å². The second kappa shape index (κ2) is 8.60. The summed E-state index contributed by atoms with van der Waals surface area (Å²) in [5, 5.41) is 8.63. The van der Waals surface area contributed by atoms with E-state index in [1.807, 2.05) is 0 Å². The Balaban J connectivity index is 3.76. The first kappa shape index (κ1) is 15.5. The molecule has 1 N–H and O–H groups in total. The number of carbonyl (C=O) groups is 1. The molecule has 0 aromatic carbocycles. The fourth-order valence-electron chi connectivity index (χ4n) is 2.12. The number of hydrogen-bond acceptors (Lipinski definition) is 1. The molecule has 0 saturated heterocycles. The lowest BCUT2D eigenvalue weighted by atomic mass is 9.78. The number of aliphatic carboxylic acids is 1. The van der Waals surface area contributed by atoms with Crippen molar-refractivity contribution in [3.63, 3.8) is 0 Å². The molecule has 0 aliphatic heterocycles. The van der Waals surface area contributed by atoms with E-state index in [4.69, 9.17) is 5.11 Å². The van der Waals surface area contributed by atoms with Crippen molar-refractivity contribution in [1.29, 1.82) is 0 Å². The van der Waals surface area contributed by atoms with Gasteiger partial charge >= 0.3 is 5.97 Å². The predicted octanol–water partition coefficient (Wildman–Crippen LogP) is 4.63. The average Bonchev–Trinajstić information content (AvgIpc) is 2.24. The van der Waals surface area contributed by atoms with E-state index in [0.29, 0.717) is 11.8 Å². The molecule has 0 heterocycles. The normalized spacial score (nSPS) is 14.7. The van der Waals surface area contributed by atoms with E-state index in [2.05, 4.69) is 20.8 Å². The Bertz CT molecular complexity index is 189. The highest BCUT2D eigenvalue weighted by molar-refractivity contribution is 5.66.